The highest BCUT2D eigenvalue weighted by Gasteiger charge is 2.14. The summed E-state index contributed by atoms with van der Waals surface area (Å²) in [6.45, 7) is 9.78. The summed E-state index contributed by atoms with van der Waals surface area (Å²) in [5.41, 5.74) is 19.7. The van der Waals surface area contributed by atoms with Gasteiger partial charge in [-0.25, -0.2) is 0 Å². The van der Waals surface area contributed by atoms with Gasteiger partial charge in [0.25, 0.3) is 0 Å². The molecule has 3 nitrogen and oxygen atoms in total. The van der Waals surface area contributed by atoms with Crippen LogP contribution < -0.4 is 16.4 Å². The smallest absolute Gasteiger partial charge is 0.0762 e. The first kappa shape index (κ1) is 44.5. The molecule has 2 aliphatic rings. The number of benzene rings is 6. The largest absolute Gasteiger partial charge is 0.399 e. The Hall–Kier alpha value is -7.62. The average molecular weight is 796 g/mol. The van der Waals surface area contributed by atoms with E-state index in [0.29, 0.717) is 5.70 Å². The molecule has 8 rings (SSSR count). The van der Waals surface area contributed by atoms with Crippen LogP contribution in [0.5, 0.6) is 0 Å². The lowest BCUT2D eigenvalue weighted by atomic mass is 9.95. The Morgan fingerprint density at radius 1 is 0.525 bits per heavy atom. The lowest BCUT2D eigenvalue weighted by Gasteiger charge is -2.20. The van der Waals surface area contributed by atoms with Crippen molar-refractivity contribution in [2.75, 3.05) is 5.32 Å². The highest BCUT2D eigenvalue weighted by atomic mass is 15.0. The van der Waals surface area contributed by atoms with E-state index < -0.39 is 0 Å². The monoisotopic (exact) mass is 795 g/mol. The quantitative estimate of drug-likeness (QED) is 0.101. The standard InChI is InChI=1S/C32H32N2.C18H14.C6H5N.C2H6/c1-26-14-6-3-4-7-19-30(20-11-10-15-26)32(34-25-13-12-16-27(2)33)31-23-21-29(22-24-31)28-17-8-5-9-18-28;1-3-8-15(9-4-1)17-12-7-13-18(14-17)16-10-5-2-6-11-16;1-2-4-6-5(3-1)7-6;1-2/h3-25,32,34H,2,33H2,1H3;1-14H;1-4,7H;1-2H3/b4-3?,6-3-,7-4-,11-10?,14-6?,15-10+,16-12-,19-7?,20-11+,25-13-,26-14-,26-15?,30-19+,30-20?;;;. The third-order valence-corrected chi connectivity index (χ3v) is 9.42. The summed E-state index contributed by atoms with van der Waals surface area (Å²) in [5.74, 6) is 0. The Kier molecular flexibility index (Phi) is 18.2. The number of fused-ring (bicyclic) bond motifs is 1. The van der Waals surface area contributed by atoms with Crippen LogP contribution in [0.4, 0.5) is 11.4 Å². The van der Waals surface area contributed by atoms with Gasteiger partial charge in [-0.1, -0.05) is 238 Å². The Morgan fingerprint density at radius 3 is 1.54 bits per heavy atom. The second kappa shape index (κ2) is 25.0. The van der Waals surface area contributed by atoms with E-state index in [1.54, 1.807) is 6.08 Å². The van der Waals surface area contributed by atoms with E-state index in [4.69, 9.17) is 5.73 Å². The first-order valence-electron chi connectivity index (χ1n) is 20.9. The van der Waals surface area contributed by atoms with Crippen molar-refractivity contribution in [1.29, 1.82) is 0 Å². The van der Waals surface area contributed by atoms with E-state index in [1.807, 2.05) is 80.8 Å². The van der Waals surface area contributed by atoms with Crippen molar-refractivity contribution in [3.05, 3.63) is 278 Å². The van der Waals surface area contributed by atoms with Crippen LogP contribution in [0.2, 0.25) is 0 Å². The van der Waals surface area contributed by atoms with E-state index >= 15 is 0 Å². The maximum atomic E-state index is 5.62. The zero-order valence-electron chi connectivity index (χ0n) is 35.5. The third-order valence-electron chi connectivity index (χ3n) is 9.42. The second-order valence-corrected chi connectivity index (χ2v) is 13.9. The van der Waals surface area contributed by atoms with Gasteiger partial charge in [0.15, 0.2) is 0 Å². The van der Waals surface area contributed by atoms with Gasteiger partial charge in [-0.2, -0.15) is 0 Å². The fraction of sp³-hybridized carbons (Fsp3) is 0.0690. The van der Waals surface area contributed by atoms with Crippen molar-refractivity contribution in [2.24, 2.45) is 5.73 Å². The molecule has 1 unspecified atom stereocenters. The minimum absolute atomic E-state index is 0.0339. The molecule has 0 radical (unpaired) electrons. The van der Waals surface area contributed by atoms with Gasteiger partial charge in [-0.15, -0.1) is 0 Å². The number of hydrogen-bond acceptors (Lipinski definition) is 3. The van der Waals surface area contributed by atoms with Crippen LogP contribution in [0.25, 0.3) is 33.4 Å². The molecule has 1 atom stereocenters. The molecule has 304 valence electrons. The van der Waals surface area contributed by atoms with Crippen molar-refractivity contribution in [3.63, 3.8) is 0 Å². The molecule has 1 heterocycles. The highest BCUT2D eigenvalue weighted by molar-refractivity contribution is 5.89. The lowest BCUT2D eigenvalue weighted by Crippen LogP contribution is -2.17. The molecule has 3 heteroatoms. The SMILES string of the molecule is C=C(N)/C=C\C=C/NC(C1=C/C=C\C=C/C=C(C)\C=C\C=C\1)c1ccc(-c2ccccc2)cc1.CC.c1ccc(-c2cccc(-c3ccccc3)c2)cc1.c1ccc2c(c1)N2. The number of allylic oxidation sites excluding steroid dienone is 13. The van der Waals surface area contributed by atoms with Crippen molar-refractivity contribution < 1.29 is 0 Å². The number of nitrogens with two attached hydrogens (primary N) is 1. The summed E-state index contributed by atoms with van der Waals surface area (Å²) < 4.78 is 0. The summed E-state index contributed by atoms with van der Waals surface area (Å²) in [5, 5.41) is 6.64. The fourth-order valence-electron chi connectivity index (χ4n) is 6.27. The molecule has 61 heavy (non-hydrogen) atoms. The molecule has 0 saturated heterocycles. The molecule has 0 spiro atoms. The summed E-state index contributed by atoms with van der Waals surface area (Å²) in [4.78, 5) is 0. The number of para-hydroxylation sites is 2. The Balaban J connectivity index is 0.000000213. The lowest BCUT2D eigenvalue weighted by molar-refractivity contribution is 0.728. The molecular weight excluding hydrogens is 739 g/mol. The molecular formula is C58H57N3. The Labute approximate surface area is 364 Å². The van der Waals surface area contributed by atoms with Crippen LogP contribution in [-0.4, -0.2) is 0 Å². The number of rotatable bonds is 9. The second-order valence-electron chi connectivity index (χ2n) is 13.9. The average Bonchev–Trinajstić information content (AvgIpc) is 4.12. The Morgan fingerprint density at radius 2 is 1.00 bits per heavy atom. The first-order chi connectivity index (χ1) is 30.0. The van der Waals surface area contributed by atoms with E-state index in [9.17, 15) is 0 Å². The van der Waals surface area contributed by atoms with Gasteiger partial charge in [-0.05, 0) is 88.0 Å². The minimum Gasteiger partial charge on any atom is -0.399 e. The van der Waals surface area contributed by atoms with Crippen molar-refractivity contribution in [1.82, 2.24) is 5.32 Å². The molecule has 0 aromatic heterocycles. The zero-order chi connectivity index (χ0) is 42.9. The molecule has 0 fully saturated rings. The molecule has 1 aliphatic carbocycles. The van der Waals surface area contributed by atoms with Gasteiger partial charge in [0, 0.05) is 5.70 Å². The predicted molar refractivity (Wildman–Crippen MR) is 266 cm³/mol. The molecule has 6 aromatic rings. The molecule has 1 aliphatic heterocycles. The van der Waals surface area contributed by atoms with Gasteiger partial charge in [0.2, 0.25) is 0 Å². The maximum absolute atomic E-state index is 5.62. The first-order valence-corrected chi connectivity index (χ1v) is 20.9. The Bertz CT molecular complexity index is 2420. The number of nitrogens with one attached hydrogen (secondary N) is 2. The van der Waals surface area contributed by atoms with Gasteiger partial charge in [0.1, 0.15) is 0 Å². The zero-order valence-corrected chi connectivity index (χ0v) is 35.5. The summed E-state index contributed by atoms with van der Waals surface area (Å²) >= 11 is 0. The summed E-state index contributed by atoms with van der Waals surface area (Å²) in [6, 6.07) is 56.9. The van der Waals surface area contributed by atoms with E-state index in [0.717, 1.165) is 5.57 Å². The maximum Gasteiger partial charge on any atom is 0.0762 e. The number of hydrogen-bond donors (Lipinski definition) is 3. The van der Waals surface area contributed by atoms with Crippen LogP contribution in [-0.2, 0) is 0 Å². The van der Waals surface area contributed by atoms with E-state index in [1.165, 1.54) is 55.9 Å². The van der Waals surface area contributed by atoms with Crippen LogP contribution in [0.3, 0.4) is 0 Å². The summed E-state index contributed by atoms with van der Waals surface area (Å²) in [6.07, 6.45) is 28.3. The van der Waals surface area contributed by atoms with Crippen molar-refractivity contribution >= 4 is 11.4 Å². The topological polar surface area (TPSA) is 60.0 Å². The molecule has 4 N–H and O–H groups in total. The van der Waals surface area contributed by atoms with E-state index in [-0.39, 0.29) is 6.04 Å². The van der Waals surface area contributed by atoms with Crippen LogP contribution in [0.1, 0.15) is 32.4 Å². The van der Waals surface area contributed by atoms with Gasteiger partial charge in [-0.3, -0.25) is 0 Å². The number of anilines is 2. The third kappa shape index (κ3) is 15.2. The summed E-state index contributed by atoms with van der Waals surface area (Å²) in [7, 11) is 0. The normalized spacial score (nSPS) is 16.6. The highest BCUT2D eigenvalue weighted by Crippen LogP contribution is 2.37. The van der Waals surface area contributed by atoms with Crippen LogP contribution in [0, 0.1) is 0 Å². The van der Waals surface area contributed by atoms with Gasteiger partial charge in [0.05, 0.1) is 17.4 Å². The molecule has 0 bridgehead atoms. The van der Waals surface area contributed by atoms with Crippen LogP contribution >= 0.6 is 0 Å². The van der Waals surface area contributed by atoms with Crippen molar-refractivity contribution in [3.8, 4) is 33.4 Å². The van der Waals surface area contributed by atoms with Gasteiger partial charge >= 0.3 is 0 Å². The van der Waals surface area contributed by atoms with Gasteiger partial charge < -0.3 is 16.4 Å². The molecule has 0 amide bonds. The van der Waals surface area contributed by atoms with Crippen molar-refractivity contribution in [2.45, 2.75) is 26.8 Å². The van der Waals surface area contributed by atoms with E-state index in [2.05, 4.69) is 200 Å². The fourth-order valence-corrected chi connectivity index (χ4v) is 6.27. The molecule has 0 saturated carbocycles. The van der Waals surface area contributed by atoms with Crippen LogP contribution in [0.15, 0.2) is 272 Å². The molecule has 6 aromatic carbocycles. The predicted octanol–water partition coefficient (Wildman–Crippen LogP) is 15.4. The minimum atomic E-state index is -0.0339.